The number of benzene rings is 1. The SMILES string of the molecule is CCN1C(=O)C[C@H](C(=O)[O-])[C@H]1c1cccc(C)c1. The molecule has 1 saturated heterocycles. The van der Waals surface area contributed by atoms with Crippen LogP contribution in [-0.2, 0) is 9.59 Å². The van der Waals surface area contributed by atoms with Crippen LogP contribution in [-0.4, -0.2) is 23.3 Å². The van der Waals surface area contributed by atoms with Crippen molar-refractivity contribution in [2.75, 3.05) is 6.54 Å². The summed E-state index contributed by atoms with van der Waals surface area (Å²) in [6.45, 7) is 4.32. The minimum Gasteiger partial charge on any atom is -0.550 e. The van der Waals surface area contributed by atoms with E-state index in [1.165, 1.54) is 0 Å². The number of aryl methyl sites for hydroxylation is 1. The van der Waals surface area contributed by atoms with Crippen LogP contribution in [0.15, 0.2) is 24.3 Å². The molecule has 96 valence electrons. The second kappa shape index (κ2) is 4.80. The van der Waals surface area contributed by atoms with E-state index < -0.39 is 17.9 Å². The Kier molecular flexibility index (Phi) is 3.36. The van der Waals surface area contributed by atoms with Crippen LogP contribution >= 0.6 is 0 Å². The molecule has 18 heavy (non-hydrogen) atoms. The Morgan fingerprint density at radius 1 is 1.50 bits per heavy atom. The molecular formula is C14H16NO3-. The van der Waals surface area contributed by atoms with Crippen LogP contribution in [0.5, 0.6) is 0 Å². The highest BCUT2D eigenvalue weighted by atomic mass is 16.4. The van der Waals surface area contributed by atoms with Gasteiger partial charge in [-0.1, -0.05) is 29.8 Å². The van der Waals surface area contributed by atoms with Crippen molar-refractivity contribution in [2.24, 2.45) is 5.92 Å². The number of carbonyl (C=O) groups excluding carboxylic acids is 2. The zero-order valence-electron chi connectivity index (χ0n) is 10.6. The van der Waals surface area contributed by atoms with E-state index in [0.29, 0.717) is 6.54 Å². The topological polar surface area (TPSA) is 60.4 Å². The van der Waals surface area contributed by atoms with Gasteiger partial charge < -0.3 is 14.8 Å². The van der Waals surface area contributed by atoms with Crippen LogP contribution in [0.25, 0.3) is 0 Å². The van der Waals surface area contributed by atoms with Crippen molar-refractivity contribution in [3.05, 3.63) is 35.4 Å². The summed E-state index contributed by atoms with van der Waals surface area (Å²) in [4.78, 5) is 24.6. The molecule has 1 heterocycles. The van der Waals surface area contributed by atoms with Crippen molar-refractivity contribution in [3.63, 3.8) is 0 Å². The molecule has 1 fully saturated rings. The molecule has 2 atom stereocenters. The van der Waals surface area contributed by atoms with Crippen molar-refractivity contribution in [1.29, 1.82) is 0 Å². The second-order valence-corrected chi connectivity index (χ2v) is 4.67. The number of aliphatic carboxylic acids is 1. The standard InChI is InChI=1S/C14H17NO3/c1-3-15-12(16)8-11(14(17)18)13(15)10-6-4-5-9(2)7-10/h4-7,11,13H,3,8H2,1-2H3,(H,17,18)/p-1/t11-,13+/m0/s1. The Hall–Kier alpha value is -1.84. The summed E-state index contributed by atoms with van der Waals surface area (Å²) in [5.41, 5.74) is 1.93. The Balaban J connectivity index is 2.42. The average molecular weight is 246 g/mol. The molecule has 0 saturated carbocycles. The summed E-state index contributed by atoms with van der Waals surface area (Å²) in [5.74, 6) is -2.01. The summed E-state index contributed by atoms with van der Waals surface area (Å²) in [6.07, 6.45) is 0.0365. The zero-order valence-corrected chi connectivity index (χ0v) is 10.6. The van der Waals surface area contributed by atoms with E-state index >= 15 is 0 Å². The fourth-order valence-corrected chi connectivity index (χ4v) is 2.64. The maximum atomic E-state index is 11.8. The number of carbonyl (C=O) groups is 2. The van der Waals surface area contributed by atoms with Gasteiger partial charge in [0.25, 0.3) is 0 Å². The van der Waals surface area contributed by atoms with E-state index in [4.69, 9.17) is 0 Å². The monoisotopic (exact) mass is 246 g/mol. The molecule has 1 aromatic rings. The lowest BCUT2D eigenvalue weighted by molar-refractivity contribution is -0.312. The van der Waals surface area contributed by atoms with Crippen molar-refractivity contribution in [2.45, 2.75) is 26.3 Å². The molecule has 1 aliphatic heterocycles. The van der Waals surface area contributed by atoms with E-state index in [-0.39, 0.29) is 12.3 Å². The first-order chi connectivity index (χ1) is 8.54. The number of nitrogens with zero attached hydrogens (tertiary/aromatic N) is 1. The third kappa shape index (κ3) is 2.10. The summed E-state index contributed by atoms with van der Waals surface area (Å²) >= 11 is 0. The van der Waals surface area contributed by atoms with Crippen molar-refractivity contribution >= 4 is 11.9 Å². The first-order valence-electron chi connectivity index (χ1n) is 6.11. The van der Waals surface area contributed by atoms with Crippen LogP contribution in [0.4, 0.5) is 0 Å². The largest absolute Gasteiger partial charge is 0.550 e. The molecular weight excluding hydrogens is 230 g/mol. The lowest BCUT2D eigenvalue weighted by Gasteiger charge is -2.28. The quantitative estimate of drug-likeness (QED) is 0.787. The van der Waals surface area contributed by atoms with Gasteiger partial charge in [0.2, 0.25) is 5.91 Å². The van der Waals surface area contributed by atoms with Gasteiger partial charge in [0.1, 0.15) is 0 Å². The molecule has 1 aromatic carbocycles. The third-order valence-corrected chi connectivity index (χ3v) is 3.46. The number of carboxylic acid groups (broad SMARTS) is 1. The van der Waals surface area contributed by atoms with Crippen molar-refractivity contribution in [3.8, 4) is 0 Å². The Morgan fingerprint density at radius 3 is 2.78 bits per heavy atom. The number of carboxylic acids is 1. The number of rotatable bonds is 3. The third-order valence-electron chi connectivity index (χ3n) is 3.46. The average Bonchev–Trinajstić information content (AvgIpc) is 2.66. The molecule has 0 radical (unpaired) electrons. The van der Waals surface area contributed by atoms with Crippen LogP contribution in [0.1, 0.15) is 30.5 Å². The molecule has 0 aromatic heterocycles. The van der Waals surface area contributed by atoms with Gasteiger partial charge in [-0.15, -0.1) is 0 Å². The van der Waals surface area contributed by atoms with E-state index in [0.717, 1.165) is 11.1 Å². The maximum Gasteiger partial charge on any atom is 0.223 e. The Bertz CT molecular complexity index is 484. The molecule has 0 spiro atoms. The molecule has 4 nitrogen and oxygen atoms in total. The minimum absolute atomic E-state index is 0.0365. The van der Waals surface area contributed by atoms with E-state index in [1.54, 1.807) is 4.90 Å². The number of hydrogen-bond donors (Lipinski definition) is 0. The number of amides is 1. The lowest BCUT2D eigenvalue weighted by Crippen LogP contribution is -2.36. The normalized spacial score (nSPS) is 23.4. The molecule has 1 aliphatic rings. The highest BCUT2D eigenvalue weighted by Gasteiger charge is 2.40. The van der Waals surface area contributed by atoms with Gasteiger partial charge in [0.15, 0.2) is 0 Å². The van der Waals surface area contributed by atoms with Crippen molar-refractivity contribution in [1.82, 2.24) is 4.90 Å². The Labute approximate surface area is 106 Å². The molecule has 4 heteroatoms. The van der Waals surface area contributed by atoms with E-state index in [1.807, 2.05) is 38.1 Å². The predicted octanol–water partition coefficient (Wildman–Crippen LogP) is 0.654. The summed E-state index contributed by atoms with van der Waals surface area (Å²) < 4.78 is 0. The fraction of sp³-hybridized carbons (Fsp3) is 0.429. The number of likely N-dealkylation sites (tertiary alicyclic amines) is 1. The first kappa shape index (κ1) is 12.6. The molecule has 2 rings (SSSR count). The van der Waals surface area contributed by atoms with Gasteiger partial charge >= 0.3 is 0 Å². The van der Waals surface area contributed by atoms with E-state index in [9.17, 15) is 14.7 Å². The van der Waals surface area contributed by atoms with Gasteiger partial charge in [-0.05, 0) is 19.4 Å². The van der Waals surface area contributed by atoms with Crippen molar-refractivity contribution < 1.29 is 14.7 Å². The fourth-order valence-electron chi connectivity index (χ4n) is 2.64. The molecule has 1 amide bonds. The Morgan fingerprint density at radius 2 is 2.22 bits per heavy atom. The van der Waals surface area contributed by atoms with E-state index in [2.05, 4.69) is 0 Å². The smallest absolute Gasteiger partial charge is 0.223 e. The first-order valence-corrected chi connectivity index (χ1v) is 6.11. The van der Waals surface area contributed by atoms with Crippen LogP contribution in [0, 0.1) is 12.8 Å². The lowest BCUT2D eigenvalue weighted by atomic mass is 9.93. The van der Waals surface area contributed by atoms with Gasteiger partial charge in [-0.2, -0.15) is 0 Å². The summed E-state index contributed by atoms with van der Waals surface area (Å²) in [7, 11) is 0. The van der Waals surface area contributed by atoms with Gasteiger partial charge in [0.05, 0.1) is 6.04 Å². The molecule has 0 unspecified atom stereocenters. The summed E-state index contributed by atoms with van der Waals surface area (Å²) in [6, 6.07) is 7.24. The van der Waals surface area contributed by atoms with Crippen LogP contribution in [0.2, 0.25) is 0 Å². The van der Waals surface area contributed by atoms with Crippen LogP contribution < -0.4 is 5.11 Å². The van der Waals surface area contributed by atoms with Gasteiger partial charge in [-0.3, -0.25) is 4.79 Å². The number of hydrogen-bond acceptors (Lipinski definition) is 3. The molecule has 0 aliphatic carbocycles. The summed E-state index contributed by atoms with van der Waals surface area (Å²) in [5, 5.41) is 11.2. The molecule has 0 N–H and O–H groups in total. The zero-order chi connectivity index (χ0) is 13.3. The maximum absolute atomic E-state index is 11.8. The van der Waals surface area contributed by atoms with Crippen LogP contribution in [0.3, 0.4) is 0 Å². The van der Waals surface area contributed by atoms with Gasteiger partial charge in [-0.25, -0.2) is 0 Å². The van der Waals surface area contributed by atoms with Gasteiger partial charge in [0, 0.05) is 24.9 Å². The second-order valence-electron chi connectivity index (χ2n) is 4.67. The highest BCUT2D eigenvalue weighted by Crippen LogP contribution is 2.37. The highest BCUT2D eigenvalue weighted by molar-refractivity contribution is 5.86. The molecule has 0 bridgehead atoms. The minimum atomic E-state index is -1.15. The predicted molar refractivity (Wildman–Crippen MR) is 64.4 cm³/mol.